The van der Waals surface area contributed by atoms with Crippen LogP contribution in [0.2, 0.25) is 0 Å². The van der Waals surface area contributed by atoms with Crippen LogP contribution in [0, 0.1) is 6.92 Å². The first-order chi connectivity index (χ1) is 10.5. The van der Waals surface area contributed by atoms with Crippen molar-refractivity contribution in [2.24, 2.45) is 0 Å². The Morgan fingerprint density at radius 2 is 1.86 bits per heavy atom. The van der Waals surface area contributed by atoms with E-state index in [2.05, 4.69) is 30.8 Å². The molecule has 0 amide bonds. The standard InChI is InChI=1S/C17H28N2O2S/c1-6-19(14-9-7-13(8-10-14)18(3)4)16-12(2)15(11-22-16)17(20)21-5/h11,13-14H,6-10H2,1-5H3/t13-,14-. The number of thiophene rings is 1. The number of hydrogen-bond donors (Lipinski definition) is 0. The van der Waals surface area contributed by atoms with E-state index in [1.165, 1.54) is 37.8 Å². The molecule has 1 aromatic rings. The molecule has 0 atom stereocenters. The summed E-state index contributed by atoms with van der Waals surface area (Å²) in [5, 5.41) is 3.17. The van der Waals surface area contributed by atoms with Crippen molar-refractivity contribution in [2.45, 2.75) is 51.6 Å². The molecule has 1 aliphatic carbocycles. The predicted octanol–water partition coefficient (Wildman–Crippen LogP) is 3.54. The summed E-state index contributed by atoms with van der Waals surface area (Å²) < 4.78 is 4.87. The van der Waals surface area contributed by atoms with E-state index in [9.17, 15) is 4.79 Å². The Hall–Kier alpha value is -1.07. The lowest BCUT2D eigenvalue weighted by atomic mass is 9.89. The highest BCUT2D eigenvalue weighted by molar-refractivity contribution is 7.14. The van der Waals surface area contributed by atoms with Crippen LogP contribution in [0.4, 0.5) is 5.00 Å². The summed E-state index contributed by atoms with van der Waals surface area (Å²) in [6.07, 6.45) is 4.95. The van der Waals surface area contributed by atoms with Gasteiger partial charge < -0.3 is 14.5 Å². The second kappa shape index (κ2) is 7.47. The van der Waals surface area contributed by atoms with Gasteiger partial charge >= 0.3 is 5.97 Å². The summed E-state index contributed by atoms with van der Waals surface area (Å²) in [7, 11) is 5.79. The summed E-state index contributed by atoms with van der Waals surface area (Å²) in [6, 6.07) is 1.30. The fourth-order valence-electron chi connectivity index (χ4n) is 3.45. The first-order valence-corrected chi connectivity index (χ1v) is 8.97. The Morgan fingerprint density at radius 1 is 1.27 bits per heavy atom. The molecule has 1 saturated carbocycles. The second-order valence-corrected chi connectivity index (χ2v) is 7.14. The van der Waals surface area contributed by atoms with Crippen LogP contribution < -0.4 is 4.90 Å². The maximum absolute atomic E-state index is 11.8. The first kappa shape index (κ1) is 17.3. The highest BCUT2D eigenvalue weighted by Gasteiger charge is 2.28. The number of esters is 1. The highest BCUT2D eigenvalue weighted by atomic mass is 32.1. The van der Waals surface area contributed by atoms with E-state index < -0.39 is 0 Å². The van der Waals surface area contributed by atoms with Crippen LogP contribution in [0.15, 0.2) is 5.38 Å². The number of anilines is 1. The van der Waals surface area contributed by atoms with Gasteiger partial charge in [-0.05, 0) is 59.2 Å². The van der Waals surface area contributed by atoms with Gasteiger partial charge in [-0.25, -0.2) is 4.79 Å². The molecule has 0 spiro atoms. The molecule has 1 fully saturated rings. The normalized spacial score (nSPS) is 21.9. The minimum absolute atomic E-state index is 0.229. The van der Waals surface area contributed by atoms with Gasteiger partial charge in [0.15, 0.2) is 0 Å². The summed E-state index contributed by atoms with van der Waals surface area (Å²) in [5.74, 6) is -0.229. The lowest BCUT2D eigenvalue weighted by molar-refractivity contribution is 0.0600. The first-order valence-electron chi connectivity index (χ1n) is 8.09. The van der Waals surface area contributed by atoms with Crippen molar-refractivity contribution in [1.82, 2.24) is 4.90 Å². The smallest absolute Gasteiger partial charge is 0.339 e. The third kappa shape index (κ3) is 3.46. The van der Waals surface area contributed by atoms with Crippen LogP contribution in [-0.2, 0) is 4.74 Å². The van der Waals surface area contributed by atoms with E-state index in [-0.39, 0.29) is 5.97 Å². The molecule has 5 heteroatoms. The predicted molar refractivity (Wildman–Crippen MR) is 93.1 cm³/mol. The van der Waals surface area contributed by atoms with Gasteiger partial charge in [-0.1, -0.05) is 0 Å². The molecule has 1 aromatic heterocycles. The van der Waals surface area contributed by atoms with Crippen LogP contribution in [0.3, 0.4) is 0 Å². The SMILES string of the molecule is CCN(c1scc(C(=O)OC)c1C)[C@H]1CC[C@H](N(C)C)CC1. The maximum Gasteiger partial charge on any atom is 0.339 e. The van der Waals surface area contributed by atoms with Gasteiger partial charge in [-0.15, -0.1) is 11.3 Å². The van der Waals surface area contributed by atoms with Gasteiger partial charge in [0.05, 0.1) is 17.7 Å². The third-order valence-corrected chi connectivity index (χ3v) is 5.97. The number of hydrogen-bond acceptors (Lipinski definition) is 5. The highest BCUT2D eigenvalue weighted by Crippen LogP contribution is 2.36. The molecule has 0 N–H and O–H groups in total. The Balaban J connectivity index is 2.13. The zero-order chi connectivity index (χ0) is 16.3. The van der Waals surface area contributed by atoms with Crippen molar-refractivity contribution in [3.05, 3.63) is 16.5 Å². The van der Waals surface area contributed by atoms with Crippen LogP contribution in [0.5, 0.6) is 0 Å². The van der Waals surface area contributed by atoms with Crippen molar-refractivity contribution in [2.75, 3.05) is 32.6 Å². The van der Waals surface area contributed by atoms with E-state index in [1.54, 1.807) is 11.3 Å². The number of carbonyl (C=O) groups is 1. The Bertz CT molecular complexity index is 505. The second-order valence-electron chi connectivity index (χ2n) is 6.28. The van der Waals surface area contributed by atoms with Crippen LogP contribution in [0.25, 0.3) is 0 Å². The van der Waals surface area contributed by atoms with Crippen LogP contribution in [-0.4, -0.2) is 50.7 Å². The fourth-order valence-corrected chi connectivity index (χ4v) is 4.66. The third-order valence-electron chi connectivity index (χ3n) is 4.86. The molecule has 22 heavy (non-hydrogen) atoms. The monoisotopic (exact) mass is 324 g/mol. The summed E-state index contributed by atoms with van der Waals surface area (Å²) in [4.78, 5) is 16.6. The van der Waals surface area contributed by atoms with Crippen LogP contribution in [0.1, 0.15) is 48.5 Å². The van der Waals surface area contributed by atoms with Gasteiger partial charge in [0, 0.05) is 24.0 Å². The Morgan fingerprint density at radius 3 is 2.36 bits per heavy atom. The molecule has 1 heterocycles. The average molecular weight is 324 g/mol. The topological polar surface area (TPSA) is 32.8 Å². The molecular weight excluding hydrogens is 296 g/mol. The average Bonchev–Trinajstić information content (AvgIpc) is 2.90. The van der Waals surface area contributed by atoms with Gasteiger partial charge in [0.25, 0.3) is 0 Å². The van der Waals surface area contributed by atoms with Crippen molar-refractivity contribution in [3.63, 3.8) is 0 Å². The van der Waals surface area contributed by atoms with Crippen molar-refractivity contribution < 1.29 is 9.53 Å². The van der Waals surface area contributed by atoms with E-state index in [4.69, 9.17) is 4.74 Å². The van der Waals surface area contributed by atoms with Crippen molar-refractivity contribution >= 4 is 22.3 Å². The molecule has 0 aliphatic heterocycles. The lowest BCUT2D eigenvalue weighted by Gasteiger charge is -2.39. The molecule has 2 rings (SSSR count). The quantitative estimate of drug-likeness (QED) is 0.776. The van der Waals surface area contributed by atoms with E-state index >= 15 is 0 Å². The van der Waals surface area contributed by atoms with Gasteiger partial charge in [0.1, 0.15) is 0 Å². The Kier molecular flexibility index (Phi) is 5.87. The minimum atomic E-state index is -0.229. The fraction of sp³-hybridized carbons (Fsp3) is 0.706. The van der Waals surface area contributed by atoms with Crippen molar-refractivity contribution in [3.8, 4) is 0 Å². The lowest BCUT2D eigenvalue weighted by Crippen LogP contribution is -2.42. The summed E-state index contributed by atoms with van der Waals surface area (Å²) in [5.41, 5.74) is 1.77. The number of nitrogens with zero attached hydrogens (tertiary/aromatic N) is 2. The van der Waals surface area contributed by atoms with E-state index in [1.807, 2.05) is 12.3 Å². The molecule has 1 aliphatic rings. The number of rotatable bonds is 5. The van der Waals surface area contributed by atoms with E-state index in [0.717, 1.165) is 12.1 Å². The number of methoxy groups -OCH3 is 1. The van der Waals surface area contributed by atoms with Crippen molar-refractivity contribution in [1.29, 1.82) is 0 Å². The molecule has 124 valence electrons. The maximum atomic E-state index is 11.8. The molecule has 0 saturated heterocycles. The van der Waals surface area contributed by atoms with Crippen LogP contribution >= 0.6 is 11.3 Å². The molecule has 4 nitrogen and oxygen atoms in total. The Labute approximate surface area is 138 Å². The number of carbonyl (C=O) groups excluding carboxylic acids is 1. The summed E-state index contributed by atoms with van der Waals surface area (Å²) >= 11 is 1.67. The summed E-state index contributed by atoms with van der Waals surface area (Å²) in [6.45, 7) is 5.22. The molecule has 0 unspecified atom stereocenters. The van der Waals surface area contributed by atoms with E-state index in [0.29, 0.717) is 17.6 Å². The van der Waals surface area contributed by atoms with Gasteiger partial charge in [0.2, 0.25) is 0 Å². The zero-order valence-electron chi connectivity index (χ0n) is 14.4. The molecular formula is C17H28N2O2S. The molecule has 0 radical (unpaired) electrons. The number of ether oxygens (including phenoxy) is 1. The molecule has 0 bridgehead atoms. The van der Waals surface area contributed by atoms with Gasteiger partial charge in [-0.2, -0.15) is 0 Å². The largest absolute Gasteiger partial charge is 0.465 e. The zero-order valence-corrected chi connectivity index (χ0v) is 15.2. The van der Waals surface area contributed by atoms with Gasteiger partial charge in [-0.3, -0.25) is 0 Å². The minimum Gasteiger partial charge on any atom is -0.465 e. The molecule has 0 aromatic carbocycles.